The van der Waals surface area contributed by atoms with E-state index in [9.17, 15) is 9.59 Å². The Kier molecular flexibility index (Phi) is 3.81. The molecule has 1 saturated carbocycles. The van der Waals surface area contributed by atoms with Crippen LogP contribution in [-0.4, -0.2) is 28.0 Å². The van der Waals surface area contributed by atoms with Crippen LogP contribution in [0.3, 0.4) is 0 Å². The SMILES string of the molecule is O=C(NC(CC1CC1)C(=O)O)c1ccc(Cl)cn1. The maximum Gasteiger partial charge on any atom is 0.326 e. The van der Waals surface area contributed by atoms with Gasteiger partial charge in [-0.1, -0.05) is 24.4 Å². The number of hydrogen-bond acceptors (Lipinski definition) is 3. The molecular weight excluding hydrogens is 256 g/mol. The van der Waals surface area contributed by atoms with E-state index < -0.39 is 17.9 Å². The Balaban J connectivity index is 1.99. The second kappa shape index (κ2) is 5.35. The highest BCUT2D eigenvalue weighted by Gasteiger charge is 2.30. The molecule has 96 valence electrons. The number of pyridine rings is 1. The van der Waals surface area contributed by atoms with Crippen molar-refractivity contribution in [2.45, 2.75) is 25.3 Å². The Labute approximate surface area is 109 Å². The molecule has 1 aromatic heterocycles. The number of nitrogens with zero attached hydrogens (tertiary/aromatic N) is 1. The van der Waals surface area contributed by atoms with Crippen molar-refractivity contribution >= 4 is 23.5 Å². The van der Waals surface area contributed by atoms with Crippen molar-refractivity contribution in [3.63, 3.8) is 0 Å². The Hall–Kier alpha value is -1.62. The van der Waals surface area contributed by atoms with Crippen LogP contribution < -0.4 is 5.32 Å². The van der Waals surface area contributed by atoms with Crippen molar-refractivity contribution < 1.29 is 14.7 Å². The van der Waals surface area contributed by atoms with Crippen LogP contribution in [0, 0.1) is 5.92 Å². The zero-order valence-electron chi connectivity index (χ0n) is 9.60. The molecule has 2 rings (SSSR count). The van der Waals surface area contributed by atoms with Gasteiger partial charge in [-0.15, -0.1) is 0 Å². The van der Waals surface area contributed by atoms with Gasteiger partial charge in [-0.3, -0.25) is 4.79 Å². The Bertz CT molecular complexity index is 457. The van der Waals surface area contributed by atoms with E-state index in [2.05, 4.69) is 10.3 Å². The third-order valence-corrected chi connectivity index (χ3v) is 3.05. The van der Waals surface area contributed by atoms with Crippen molar-refractivity contribution in [1.82, 2.24) is 10.3 Å². The van der Waals surface area contributed by atoms with Gasteiger partial charge in [0.15, 0.2) is 0 Å². The van der Waals surface area contributed by atoms with Crippen molar-refractivity contribution in [2.24, 2.45) is 5.92 Å². The summed E-state index contributed by atoms with van der Waals surface area (Å²) >= 11 is 5.66. The molecule has 1 heterocycles. The van der Waals surface area contributed by atoms with E-state index in [0.717, 1.165) is 12.8 Å². The maximum atomic E-state index is 11.8. The molecule has 1 aliphatic carbocycles. The molecular formula is C12H13ClN2O3. The van der Waals surface area contributed by atoms with Gasteiger partial charge in [0.1, 0.15) is 11.7 Å². The molecule has 18 heavy (non-hydrogen) atoms. The lowest BCUT2D eigenvalue weighted by Gasteiger charge is -2.13. The normalized spacial score (nSPS) is 16.1. The molecule has 0 saturated heterocycles. The fourth-order valence-corrected chi connectivity index (χ4v) is 1.76. The van der Waals surface area contributed by atoms with Gasteiger partial charge in [0, 0.05) is 6.20 Å². The fraction of sp³-hybridized carbons (Fsp3) is 0.417. The number of carboxylic acids is 1. The first kappa shape index (κ1) is 12.8. The summed E-state index contributed by atoms with van der Waals surface area (Å²) in [6, 6.07) is 2.16. The van der Waals surface area contributed by atoms with Gasteiger partial charge in [0.2, 0.25) is 0 Å². The van der Waals surface area contributed by atoms with Crippen LogP contribution in [0.2, 0.25) is 5.02 Å². The summed E-state index contributed by atoms with van der Waals surface area (Å²) in [5, 5.41) is 11.9. The highest BCUT2D eigenvalue weighted by atomic mass is 35.5. The topological polar surface area (TPSA) is 79.3 Å². The lowest BCUT2D eigenvalue weighted by molar-refractivity contribution is -0.139. The average Bonchev–Trinajstić information content (AvgIpc) is 3.12. The monoisotopic (exact) mass is 268 g/mol. The summed E-state index contributed by atoms with van der Waals surface area (Å²) in [4.78, 5) is 26.7. The molecule has 1 aromatic rings. The minimum absolute atomic E-state index is 0.168. The maximum absolute atomic E-state index is 11.8. The molecule has 0 radical (unpaired) electrons. The number of amides is 1. The van der Waals surface area contributed by atoms with E-state index in [1.165, 1.54) is 12.3 Å². The molecule has 1 aliphatic rings. The lowest BCUT2D eigenvalue weighted by Crippen LogP contribution is -2.41. The van der Waals surface area contributed by atoms with Crippen LogP contribution in [-0.2, 0) is 4.79 Å². The molecule has 0 aromatic carbocycles. The summed E-state index contributed by atoms with van der Waals surface area (Å²) in [6.45, 7) is 0. The van der Waals surface area contributed by atoms with Gasteiger partial charge < -0.3 is 10.4 Å². The van der Waals surface area contributed by atoms with Crippen molar-refractivity contribution in [2.75, 3.05) is 0 Å². The number of halogens is 1. The van der Waals surface area contributed by atoms with Gasteiger partial charge in [0.25, 0.3) is 5.91 Å². The molecule has 1 unspecified atom stereocenters. The van der Waals surface area contributed by atoms with Gasteiger partial charge in [-0.2, -0.15) is 0 Å². The number of carboxylic acid groups (broad SMARTS) is 1. The van der Waals surface area contributed by atoms with E-state index in [0.29, 0.717) is 17.4 Å². The number of carbonyl (C=O) groups excluding carboxylic acids is 1. The second-order valence-corrected chi connectivity index (χ2v) is 4.84. The smallest absolute Gasteiger partial charge is 0.326 e. The number of nitrogens with one attached hydrogen (secondary N) is 1. The van der Waals surface area contributed by atoms with Crippen molar-refractivity contribution in [3.05, 3.63) is 29.0 Å². The molecule has 5 nitrogen and oxygen atoms in total. The molecule has 1 fully saturated rings. The van der Waals surface area contributed by atoms with Crippen molar-refractivity contribution in [3.8, 4) is 0 Å². The third-order valence-electron chi connectivity index (χ3n) is 2.83. The highest BCUT2D eigenvalue weighted by molar-refractivity contribution is 6.30. The van der Waals surface area contributed by atoms with Crippen molar-refractivity contribution in [1.29, 1.82) is 0 Å². The lowest BCUT2D eigenvalue weighted by atomic mass is 10.1. The highest BCUT2D eigenvalue weighted by Crippen LogP contribution is 2.33. The standard InChI is InChI=1S/C12H13ClN2O3/c13-8-3-4-9(14-6-8)11(16)15-10(12(17)18)5-7-1-2-7/h3-4,6-7,10H,1-2,5H2,(H,15,16)(H,17,18). The quantitative estimate of drug-likeness (QED) is 0.852. The van der Waals surface area contributed by atoms with Gasteiger partial charge in [-0.25, -0.2) is 9.78 Å². The molecule has 6 heteroatoms. The van der Waals surface area contributed by atoms with Gasteiger partial charge >= 0.3 is 5.97 Å². The average molecular weight is 269 g/mol. The largest absolute Gasteiger partial charge is 0.480 e. The van der Waals surface area contributed by atoms with Gasteiger partial charge in [-0.05, 0) is 24.5 Å². The number of carbonyl (C=O) groups is 2. The van der Waals surface area contributed by atoms with E-state index >= 15 is 0 Å². The zero-order chi connectivity index (χ0) is 13.1. The summed E-state index contributed by atoms with van der Waals surface area (Å²) in [5.74, 6) is -1.08. The van der Waals surface area contributed by atoms with Crippen LogP contribution >= 0.6 is 11.6 Å². The van der Waals surface area contributed by atoms with E-state index in [-0.39, 0.29) is 5.69 Å². The molecule has 2 N–H and O–H groups in total. The Morgan fingerprint density at radius 2 is 2.22 bits per heavy atom. The molecule has 1 amide bonds. The van der Waals surface area contributed by atoms with Crippen LogP contribution in [0.4, 0.5) is 0 Å². The fourth-order valence-electron chi connectivity index (χ4n) is 1.65. The number of rotatable bonds is 5. The summed E-state index contributed by atoms with van der Waals surface area (Å²) in [5.41, 5.74) is 0.168. The molecule has 0 spiro atoms. The second-order valence-electron chi connectivity index (χ2n) is 4.41. The molecule has 1 atom stereocenters. The third kappa shape index (κ3) is 3.43. The van der Waals surface area contributed by atoms with Crippen LogP contribution in [0.25, 0.3) is 0 Å². The summed E-state index contributed by atoms with van der Waals surface area (Å²) < 4.78 is 0. The number of aromatic nitrogens is 1. The molecule has 0 aliphatic heterocycles. The first-order valence-corrected chi connectivity index (χ1v) is 6.09. The van der Waals surface area contributed by atoms with Crippen LogP contribution in [0.1, 0.15) is 29.8 Å². The Morgan fingerprint density at radius 3 is 2.72 bits per heavy atom. The molecule has 0 bridgehead atoms. The predicted octanol–water partition coefficient (Wildman–Crippen LogP) is 1.72. The zero-order valence-corrected chi connectivity index (χ0v) is 10.4. The van der Waals surface area contributed by atoms with Crippen LogP contribution in [0.5, 0.6) is 0 Å². The minimum atomic E-state index is -1.01. The number of aliphatic carboxylic acids is 1. The Morgan fingerprint density at radius 1 is 1.50 bits per heavy atom. The van der Waals surface area contributed by atoms with E-state index in [1.807, 2.05) is 0 Å². The first-order valence-electron chi connectivity index (χ1n) is 5.71. The first-order chi connectivity index (χ1) is 8.56. The van der Waals surface area contributed by atoms with Gasteiger partial charge in [0.05, 0.1) is 5.02 Å². The minimum Gasteiger partial charge on any atom is -0.480 e. The van der Waals surface area contributed by atoms with Crippen LogP contribution in [0.15, 0.2) is 18.3 Å². The van der Waals surface area contributed by atoms with E-state index in [4.69, 9.17) is 16.7 Å². The summed E-state index contributed by atoms with van der Waals surface area (Å²) in [7, 11) is 0. The number of hydrogen-bond donors (Lipinski definition) is 2. The summed E-state index contributed by atoms with van der Waals surface area (Å²) in [6.07, 6.45) is 3.92. The van der Waals surface area contributed by atoms with E-state index in [1.54, 1.807) is 6.07 Å². The predicted molar refractivity (Wildman–Crippen MR) is 65.5 cm³/mol.